The average Bonchev–Trinajstić information content (AvgIpc) is 2.77. The second-order valence-electron chi connectivity index (χ2n) is 6.98. The summed E-state index contributed by atoms with van der Waals surface area (Å²) < 4.78 is 6.74. The van der Waals surface area contributed by atoms with Crippen LogP contribution >= 0.6 is 22.6 Å². The van der Waals surface area contributed by atoms with Gasteiger partial charge in [0, 0.05) is 5.69 Å². The third kappa shape index (κ3) is 6.18. The molecule has 0 spiro atoms. The van der Waals surface area contributed by atoms with E-state index in [9.17, 15) is 14.9 Å². The first-order chi connectivity index (χ1) is 15.4. The second kappa shape index (κ2) is 10.6. The quantitative estimate of drug-likeness (QED) is 0.238. The van der Waals surface area contributed by atoms with Crippen molar-refractivity contribution in [3.63, 3.8) is 0 Å². The maximum atomic E-state index is 12.5. The molecule has 0 bridgehead atoms. The van der Waals surface area contributed by atoms with Gasteiger partial charge in [0.1, 0.15) is 24.0 Å². The number of amides is 1. The Labute approximate surface area is 199 Å². The first-order valence-corrected chi connectivity index (χ1v) is 10.7. The van der Waals surface area contributed by atoms with Crippen LogP contribution in [0.3, 0.4) is 0 Å². The summed E-state index contributed by atoms with van der Waals surface area (Å²) in [5.41, 5.74) is 3.14. The summed E-state index contributed by atoms with van der Waals surface area (Å²) in [6.07, 6.45) is 1.48. The van der Waals surface area contributed by atoms with Crippen molar-refractivity contribution >= 4 is 46.2 Å². The fourth-order valence-electron chi connectivity index (χ4n) is 2.93. The molecule has 160 valence electrons. The molecule has 0 aromatic heterocycles. The van der Waals surface area contributed by atoms with Crippen LogP contribution < -0.4 is 10.1 Å². The van der Waals surface area contributed by atoms with Gasteiger partial charge in [0.2, 0.25) is 0 Å². The third-order valence-electron chi connectivity index (χ3n) is 4.48. The highest BCUT2D eigenvalue weighted by atomic mass is 127. The van der Waals surface area contributed by atoms with Crippen LogP contribution in [0.15, 0.2) is 72.3 Å². The van der Waals surface area contributed by atoms with E-state index in [0.717, 1.165) is 9.13 Å². The molecule has 0 aliphatic heterocycles. The Bertz CT molecular complexity index is 1240. The van der Waals surface area contributed by atoms with E-state index in [1.807, 2.05) is 37.3 Å². The van der Waals surface area contributed by atoms with Crippen molar-refractivity contribution in [1.82, 2.24) is 0 Å². The Balaban J connectivity index is 1.72. The molecule has 1 amide bonds. The lowest BCUT2D eigenvalue weighted by Gasteiger charge is -2.10. The summed E-state index contributed by atoms with van der Waals surface area (Å²) >= 11 is 2.15. The van der Waals surface area contributed by atoms with Crippen LogP contribution in [-0.2, 0) is 11.4 Å². The minimum atomic E-state index is -1.10. The first-order valence-electron chi connectivity index (χ1n) is 9.60. The van der Waals surface area contributed by atoms with Gasteiger partial charge in [-0.25, -0.2) is 4.79 Å². The lowest BCUT2D eigenvalue weighted by molar-refractivity contribution is -0.112. The average molecular weight is 538 g/mol. The number of aryl methyl sites for hydroxylation is 1. The number of carbonyl (C=O) groups excluding carboxylic acids is 1. The lowest BCUT2D eigenvalue weighted by atomic mass is 10.1. The molecule has 0 unspecified atom stereocenters. The van der Waals surface area contributed by atoms with E-state index >= 15 is 0 Å². The number of halogens is 1. The van der Waals surface area contributed by atoms with Gasteiger partial charge >= 0.3 is 5.97 Å². The van der Waals surface area contributed by atoms with Crippen molar-refractivity contribution in [1.29, 1.82) is 5.26 Å². The molecular weight excluding hydrogens is 519 g/mol. The van der Waals surface area contributed by atoms with Gasteiger partial charge in [-0.2, -0.15) is 5.26 Å². The summed E-state index contributed by atoms with van der Waals surface area (Å²) in [4.78, 5) is 23.6. The molecular formula is C25H19IN2O4. The minimum absolute atomic E-state index is 0.0427. The Kier molecular flexibility index (Phi) is 7.63. The summed E-state index contributed by atoms with van der Waals surface area (Å²) in [6, 6.07) is 21.2. The molecule has 0 atom stereocenters. The van der Waals surface area contributed by atoms with Crippen LogP contribution in [-0.4, -0.2) is 17.0 Å². The number of carboxylic acid groups (broad SMARTS) is 1. The maximum absolute atomic E-state index is 12.5. The lowest BCUT2D eigenvalue weighted by Crippen LogP contribution is -2.14. The predicted octanol–water partition coefficient (Wildman–Crippen LogP) is 5.42. The Hall–Kier alpha value is -3.64. The van der Waals surface area contributed by atoms with Crippen molar-refractivity contribution < 1.29 is 19.4 Å². The van der Waals surface area contributed by atoms with E-state index in [-0.39, 0.29) is 11.1 Å². The summed E-state index contributed by atoms with van der Waals surface area (Å²) in [7, 11) is 0. The van der Waals surface area contributed by atoms with Crippen molar-refractivity contribution in [3.8, 4) is 11.8 Å². The monoisotopic (exact) mass is 538 g/mol. The number of carbonyl (C=O) groups is 2. The van der Waals surface area contributed by atoms with Crippen LogP contribution in [0.5, 0.6) is 5.75 Å². The summed E-state index contributed by atoms with van der Waals surface area (Å²) in [5.74, 6) is -1.01. The molecule has 3 aromatic carbocycles. The van der Waals surface area contributed by atoms with Gasteiger partial charge in [-0.3, -0.25) is 4.79 Å². The highest BCUT2D eigenvalue weighted by molar-refractivity contribution is 14.1. The zero-order valence-corrected chi connectivity index (χ0v) is 19.3. The molecule has 0 saturated carbocycles. The number of hydrogen-bond donors (Lipinski definition) is 2. The molecule has 0 aliphatic rings. The maximum Gasteiger partial charge on any atom is 0.335 e. The van der Waals surface area contributed by atoms with Crippen LogP contribution in [0.2, 0.25) is 0 Å². The van der Waals surface area contributed by atoms with Gasteiger partial charge in [-0.15, -0.1) is 0 Å². The highest BCUT2D eigenvalue weighted by Gasteiger charge is 2.12. The van der Waals surface area contributed by atoms with Crippen molar-refractivity contribution in [2.75, 3.05) is 5.32 Å². The highest BCUT2D eigenvalue weighted by Crippen LogP contribution is 2.24. The molecule has 6 nitrogen and oxygen atoms in total. The van der Waals surface area contributed by atoms with Crippen molar-refractivity contribution in [2.45, 2.75) is 13.5 Å². The van der Waals surface area contributed by atoms with Crippen LogP contribution in [0.4, 0.5) is 5.69 Å². The summed E-state index contributed by atoms with van der Waals surface area (Å²) in [5, 5.41) is 21.1. The molecule has 0 saturated heterocycles. The molecule has 2 N–H and O–H groups in total. The number of carboxylic acids is 1. The smallest absolute Gasteiger partial charge is 0.335 e. The number of benzene rings is 3. The first kappa shape index (κ1) is 23.0. The number of rotatable bonds is 7. The number of ether oxygens (including phenoxy) is 1. The van der Waals surface area contributed by atoms with E-state index < -0.39 is 11.9 Å². The molecule has 7 heteroatoms. The zero-order chi connectivity index (χ0) is 23.1. The fraction of sp³-hybridized carbons (Fsp3) is 0.0800. The predicted molar refractivity (Wildman–Crippen MR) is 130 cm³/mol. The van der Waals surface area contributed by atoms with Crippen molar-refractivity contribution in [2.24, 2.45) is 0 Å². The van der Waals surface area contributed by atoms with Crippen molar-refractivity contribution in [3.05, 3.63) is 98.1 Å². The second-order valence-corrected chi connectivity index (χ2v) is 8.14. The number of hydrogen-bond acceptors (Lipinski definition) is 4. The van der Waals surface area contributed by atoms with Gasteiger partial charge in [0.05, 0.1) is 9.13 Å². The standard InChI is InChI=1S/C25H19IN2O4/c1-16-4-2-5-18(10-16)15-32-23-9-8-17(12-22(23)26)11-20(14-27)24(29)28-21-7-3-6-19(13-21)25(30)31/h2-13H,15H2,1H3,(H,28,29)(H,30,31)/b20-11-. The molecule has 3 rings (SSSR count). The van der Waals surface area contributed by atoms with E-state index in [1.54, 1.807) is 18.2 Å². The molecule has 0 radical (unpaired) electrons. The van der Waals surface area contributed by atoms with Crippen LogP contribution in [0, 0.1) is 21.8 Å². The Morgan fingerprint density at radius 1 is 1.12 bits per heavy atom. The summed E-state index contributed by atoms with van der Waals surface area (Å²) in [6.45, 7) is 2.47. The van der Waals surface area contributed by atoms with E-state index in [2.05, 4.69) is 34.0 Å². The van der Waals surface area contributed by atoms with Gasteiger partial charge in [0.25, 0.3) is 5.91 Å². The molecule has 3 aromatic rings. The number of nitriles is 1. The molecule has 0 aliphatic carbocycles. The van der Waals surface area contributed by atoms with Crippen LogP contribution in [0.1, 0.15) is 27.0 Å². The van der Waals surface area contributed by atoms with Gasteiger partial charge in [0.15, 0.2) is 0 Å². The SMILES string of the molecule is Cc1cccc(COc2ccc(/C=C(/C#N)C(=O)Nc3cccc(C(=O)O)c3)cc2I)c1. The molecule has 0 fully saturated rings. The minimum Gasteiger partial charge on any atom is -0.488 e. The Morgan fingerprint density at radius 2 is 1.91 bits per heavy atom. The van der Waals surface area contributed by atoms with Gasteiger partial charge in [-0.05, 0) is 77.0 Å². The largest absolute Gasteiger partial charge is 0.488 e. The molecule has 0 heterocycles. The topological polar surface area (TPSA) is 99.4 Å². The normalized spacial score (nSPS) is 10.8. The van der Waals surface area contributed by atoms with Gasteiger partial charge in [-0.1, -0.05) is 42.0 Å². The number of aromatic carboxylic acids is 1. The van der Waals surface area contributed by atoms with E-state index in [0.29, 0.717) is 23.6 Å². The fourth-order valence-corrected chi connectivity index (χ4v) is 3.63. The number of nitrogens with zero attached hydrogens (tertiary/aromatic N) is 1. The number of nitrogens with one attached hydrogen (secondary N) is 1. The zero-order valence-electron chi connectivity index (χ0n) is 17.1. The molecule has 32 heavy (non-hydrogen) atoms. The van der Waals surface area contributed by atoms with Gasteiger partial charge < -0.3 is 15.2 Å². The Morgan fingerprint density at radius 3 is 2.59 bits per heavy atom. The van der Waals surface area contributed by atoms with E-state index in [4.69, 9.17) is 9.84 Å². The number of anilines is 1. The van der Waals surface area contributed by atoms with Crippen LogP contribution in [0.25, 0.3) is 6.08 Å². The van der Waals surface area contributed by atoms with E-state index in [1.165, 1.54) is 29.8 Å². The third-order valence-corrected chi connectivity index (χ3v) is 5.32.